The lowest BCUT2D eigenvalue weighted by atomic mass is 10.0. The summed E-state index contributed by atoms with van der Waals surface area (Å²) >= 11 is 0. The number of nitrogens with zero attached hydrogens (tertiary/aromatic N) is 1. The molecule has 0 saturated heterocycles. The second kappa shape index (κ2) is 22.3. The Morgan fingerprint density at radius 3 is 2.07 bits per heavy atom. The fourth-order valence-electron chi connectivity index (χ4n) is 4.54. The van der Waals surface area contributed by atoms with E-state index in [9.17, 15) is 0 Å². The van der Waals surface area contributed by atoms with Gasteiger partial charge in [-0.3, -0.25) is 0 Å². The SMILES string of the molecule is C=CN(C=C)CCCCCC(=C)NCC(=C)NCC(=C)NC(Cc1ccccc1)C(=C)NCC(=C)NCCC(C)CC(=C)N. The van der Waals surface area contributed by atoms with Gasteiger partial charge < -0.3 is 37.2 Å². The van der Waals surface area contributed by atoms with Crippen LogP contribution in [0, 0.1) is 5.92 Å². The monoisotopic (exact) mass is 601 g/mol. The Morgan fingerprint density at radius 2 is 1.41 bits per heavy atom. The summed E-state index contributed by atoms with van der Waals surface area (Å²) in [6.45, 7) is 38.2. The second-order valence-corrected chi connectivity index (χ2v) is 11.5. The third-order valence-electron chi connectivity index (χ3n) is 7.20. The summed E-state index contributed by atoms with van der Waals surface area (Å²) in [6.07, 6.45) is 10.5. The van der Waals surface area contributed by atoms with E-state index in [2.05, 4.69) is 110 Å². The molecule has 1 aromatic rings. The van der Waals surface area contributed by atoms with Crippen molar-refractivity contribution in [1.82, 2.24) is 31.5 Å². The Hall–Kier alpha value is -4.26. The number of hydrogen-bond acceptors (Lipinski definition) is 7. The van der Waals surface area contributed by atoms with E-state index < -0.39 is 0 Å². The minimum atomic E-state index is -0.0497. The van der Waals surface area contributed by atoms with Crippen molar-refractivity contribution in [1.29, 1.82) is 0 Å². The van der Waals surface area contributed by atoms with Crippen LogP contribution in [0.15, 0.2) is 130 Å². The van der Waals surface area contributed by atoms with Gasteiger partial charge >= 0.3 is 0 Å². The molecule has 7 nitrogen and oxygen atoms in total. The van der Waals surface area contributed by atoms with Crippen LogP contribution in [-0.2, 0) is 6.42 Å². The zero-order valence-electron chi connectivity index (χ0n) is 27.4. The summed E-state index contributed by atoms with van der Waals surface area (Å²) in [5.74, 6) is 0.479. The van der Waals surface area contributed by atoms with E-state index >= 15 is 0 Å². The smallest absolute Gasteiger partial charge is 0.0691 e. The maximum absolute atomic E-state index is 5.73. The van der Waals surface area contributed by atoms with Crippen molar-refractivity contribution < 1.29 is 0 Å². The Kier molecular flexibility index (Phi) is 19.1. The first-order valence-electron chi connectivity index (χ1n) is 15.6. The van der Waals surface area contributed by atoms with Crippen molar-refractivity contribution >= 4 is 0 Å². The van der Waals surface area contributed by atoms with Gasteiger partial charge in [-0.15, -0.1) is 0 Å². The van der Waals surface area contributed by atoms with Gasteiger partial charge in [-0.05, 0) is 62.4 Å². The zero-order chi connectivity index (χ0) is 32.7. The van der Waals surface area contributed by atoms with E-state index in [0.29, 0.717) is 25.6 Å². The number of hydrogen-bond donors (Lipinski definition) is 6. The molecule has 1 rings (SSSR count). The number of rotatable bonds is 28. The van der Waals surface area contributed by atoms with Crippen LogP contribution in [0.2, 0.25) is 0 Å². The van der Waals surface area contributed by atoms with Gasteiger partial charge in [0.2, 0.25) is 0 Å². The molecule has 0 aliphatic heterocycles. The molecule has 0 aromatic heterocycles. The number of unbranched alkanes of at least 4 members (excludes halogenated alkanes) is 2. The van der Waals surface area contributed by atoms with E-state index in [1.54, 1.807) is 12.4 Å². The van der Waals surface area contributed by atoms with Crippen molar-refractivity contribution in [2.75, 3.05) is 32.7 Å². The second-order valence-electron chi connectivity index (χ2n) is 11.5. The van der Waals surface area contributed by atoms with Crippen molar-refractivity contribution in [3.8, 4) is 0 Å². The van der Waals surface area contributed by atoms with Gasteiger partial charge in [-0.25, -0.2) is 0 Å². The van der Waals surface area contributed by atoms with Gasteiger partial charge in [0.15, 0.2) is 0 Å². The number of allylic oxidation sites excluding steroid dienone is 2. The van der Waals surface area contributed by atoms with Crippen LogP contribution < -0.4 is 32.3 Å². The molecule has 2 unspecified atom stereocenters. The van der Waals surface area contributed by atoms with Crippen LogP contribution in [0.5, 0.6) is 0 Å². The fraction of sp³-hybridized carbons (Fsp3) is 0.405. The molecule has 242 valence electrons. The van der Waals surface area contributed by atoms with Gasteiger partial charge in [0.1, 0.15) is 0 Å². The first kappa shape index (κ1) is 37.8. The lowest BCUT2D eigenvalue weighted by Crippen LogP contribution is -2.40. The number of nitrogens with one attached hydrogen (secondary N) is 5. The summed E-state index contributed by atoms with van der Waals surface area (Å²) in [7, 11) is 0. The molecule has 0 amide bonds. The summed E-state index contributed by atoms with van der Waals surface area (Å²) < 4.78 is 0. The summed E-state index contributed by atoms with van der Waals surface area (Å²) in [6, 6.07) is 10.3. The van der Waals surface area contributed by atoms with Crippen LogP contribution in [0.4, 0.5) is 0 Å². The maximum Gasteiger partial charge on any atom is 0.0691 e. The molecule has 0 aliphatic rings. The van der Waals surface area contributed by atoms with E-state index in [-0.39, 0.29) is 6.04 Å². The fourth-order valence-corrected chi connectivity index (χ4v) is 4.54. The van der Waals surface area contributed by atoms with Crippen molar-refractivity contribution in [2.24, 2.45) is 11.7 Å². The van der Waals surface area contributed by atoms with E-state index in [0.717, 1.165) is 92.2 Å². The first-order chi connectivity index (χ1) is 21.0. The van der Waals surface area contributed by atoms with Gasteiger partial charge in [-0.1, -0.05) is 96.3 Å². The van der Waals surface area contributed by atoms with Gasteiger partial charge in [-0.2, -0.15) is 0 Å². The normalized spacial score (nSPS) is 11.7. The summed E-state index contributed by atoms with van der Waals surface area (Å²) in [5.41, 5.74) is 12.2. The minimum Gasteiger partial charge on any atom is -0.403 e. The van der Waals surface area contributed by atoms with Gasteiger partial charge in [0.05, 0.1) is 25.7 Å². The molecule has 7 heteroatoms. The molecule has 2 atom stereocenters. The van der Waals surface area contributed by atoms with Crippen LogP contribution in [0.3, 0.4) is 0 Å². The molecule has 0 heterocycles. The molecule has 0 bridgehead atoms. The van der Waals surface area contributed by atoms with Crippen LogP contribution in [0.25, 0.3) is 0 Å². The largest absolute Gasteiger partial charge is 0.403 e. The highest BCUT2D eigenvalue weighted by Crippen LogP contribution is 2.11. The van der Waals surface area contributed by atoms with Crippen LogP contribution in [-0.4, -0.2) is 43.7 Å². The molecule has 0 fully saturated rings. The molecule has 1 aromatic carbocycles. The predicted octanol–water partition coefficient (Wildman–Crippen LogP) is 6.15. The highest BCUT2D eigenvalue weighted by molar-refractivity contribution is 5.21. The maximum atomic E-state index is 5.73. The van der Waals surface area contributed by atoms with Gasteiger partial charge in [0.25, 0.3) is 0 Å². The molecule has 44 heavy (non-hydrogen) atoms. The molecule has 0 spiro atoms. The number of benzene rings is 1. The third-order valence-corrected chi connectivity index (χ3v) is 7.20. The average Bonchev–Trinajstić information content (AvgIpc) is 2.99. The van der Waals surface area contributed by atoms with Crippen LogP contribution in [0.1, 0.15) is 51.0 Å². The highest BCUT2D eigenvalue weighted by atomic mass is 15.1. The van der Waals surface area contributed by atoms with Crippen molar-refractivity contribution in [2.45, 2.75) is 57.9 Å². The molecular formula is C37H59N7. The Morgan fingerprint density at radius 1 is 0.795 bits per heavy atom. The Labute approximate surface area is 268 Å². The topological polar surface area (TPSA) is 89.4 Å². The van der Waals surface area contributed by atoms with Crippen LogP contribution >= 0.6 is 0 Å². The molecule has 0 aliphatic carbocycles. The molecule has 0 radical (unpaired) electrons. The quantitative estimate of drug-likeness (QED) is 0.0642. The Balaban J connectivity index is 2.46. The lowest BCUT2D eigenvalue weighted by molar-refractivity contribution is 0.473. The minimum absolute atomic E-state index is 0.0497. The predicted molar refractivity (Wildman–Crippen MR) is 192 cm³/mol. The third kappa shape index (κ3) is 18.3. The van der Waals surface area contributed by atoms with E-state index in [1.165, 1.54) is 5.56 Å². The van der Waals surface area contributed by atoms with Crippen molar-refractivity contribution in [3.63, 3.8) is 0 Å². The summed E-state index contributed by atoms with van der Waals surface area (Å²) in [4.78, 5) is 2.00. The summed E-state index contributed by atoms with van der Waals surface area (Å²) in [5, 5.41) is 17.2. The lowest BCUT2D eigenvalue weighted by Gasteiger charge is -2.26. The molecule has 0 saturated carbocycles. The van der Waals surface area contributed by atoms with E-state index in [4.69, 9.17) is 5.73 Å². The first-order valence-corrected chi connectivity index (χ1v) is 15.6. The Bertz CT molecular complexity index is 1080. The van der Waals surface area contributed by atoms with E-state index in [1.807, 2.05) is 11.0 Å². The van der Waals surface area contributed by atoms with Crippen molar-refractivity contribution in [3.05, 3.63) is 135 Å². The average molecular weight is 602 g/mol. The zero-order valence-corrected chi connectivity index (χ0v) is 27.4. The van der Waals surface area contributed by atoms with Gasteiger partial charge in [0, 0.05) is 47.3 Å². The highest BCUT2D eigenvalue weighted by Gasteiger charge is 2.15. The molecular weight excluding hydrogens is 542 g/mol. The number of nitrogens with two attached hydrogens (primary N) is 1. The standard InChI is InChI=1S/C37H59N7/c1-10-44(11-2)23-17-13-14-18-31(5)40-26-33(7)41-28-34(8)43-37(25-36-19-15-12-16-20-36)35(9)42-27-32(6)39-22-21-29(3)24-30(4)38/h10-12,15-16,19-20,29,37,39-43H,1-2,4-9,13-14,17-18,21-28,38H2,3H3. The molecule has 7 N–H and O–H groups in total.